The van der Waals surface area contributed by atoms with Gasteiger partial charge in [-0.3, -0.25) is 52.8 Å². The molecule has 1 heterocycles. The Morgan fingerprint density at radius 2 is 0.926 bits per heavy atom. The van der Waals surface area contributed by atoms with Crippen molar-refractivity contribution in [2.75, 3.05) is 49.3 Å². The van der Waals surface area contributed by atoms with E-state index in [9.17, 15) is 57.8 Å². The van der Waals surface area contributed by atoms with Crippen LogP contribution >= 0.6 is 0 Å². The zero-order valence-electron chi connectivity index (χ0n) is 53.1. The third-order valence-corrected chi connectivity index (χ3v) is 15.3. The van der Waals surface area contributed by atoms with E-state index in [0.29, 0.717) is 6.42 Å². The minimum atomic E-state index is -1.64. The summed E-state index contributed by atoms with van der Waals surface area (Å²) in [4.78, 5) is 166. The molecule has 0 aromatic rings. The number of likely N-dealkylation sites (N-methyl/N-ethyl adjacent to an activating group) is 7. The summed E-state index contributed by atoms with van der Waals surface area (Å²) in [5, 5.41) is 22.9. The third kappa shape index (κ3) is 19.5. The summed E-state index contributed by atoms with van der Waals surface area (Å²) in [5.74, 6) is -9.49. The van der Waals surface area contributed by atoms with Crippen LogP contribution < -0.4 is 21.3 Å². The third-order valence-electron chi connectivity index (χ3n) is 15.3. The molecule has 0 radical (unpaired) electrons. The van der Waals surface area contributed by atoms with Gasteiger partial charge < -0.3 is 55.8 Å². The number of carbonyl (C=O) groups excluding carboxylic acids is 11. The van der Waals surface area contributed by atoms with Crippen molar-refractivity contribution in [2.24, 2.45) is 35.5 Å². The fourth-order valence-electron chi connectivity index (χ4n) is 9.94. The van der Waals surface area contributed by atoms with E-state index >= 15 is 0 Å². The van der Waals surface area contributed by atoms with E-state index in [2.05, 4.69) is 21.3 Å². The van der Waals surface area contributed by atoms with Gasteiger partial charge in [-0.15, -0.1) is 0 Å². The number of aliphatic hydroxyl groups is 1. The number of nitrogens with zero attached hydrogens (tertiary/aromatic N) is 7. The number of allylic oxidation sites excluding steroid dienone is 2. The summed E-state index contributed by atoms with van der Waals surface area (Å²) >= 11 is 0. The quantitative estimate of drug-likeness (QED) is 0.167. The van der Waals surface area contributed by atoms with Crippen LogP contribution in [0.15, 0.2) is 12.2 Å². The van der Waals surface area contributed by atoms with Crippen LogP contribution in [0.25, 0.3) is 0 Å². The summed E-state index contributed by atoms with van der Waals surface area (Å²) in [6, 6.07) is -13.6. The lowest BCUT2D eigenvalue weighted by Gasteiger charge is -2.40. The molecule has 2 unspecified atom stereocenters. The maximum atomic E-state index is 14.9. The van der Waals surface area contributed by atoms with Gasteiger partial charge in [0.15, 0.2) is 0 Å². The Bertz CT molecular complexity index is 2240. The fourth-order valence-corrected chi connectivity index (χ4v) is 9.94. The van der Waals surface area contributed by atoms with Crippen LogP contribution in [0.4, 0.5) is 4.79 Å². The maximum Gasteiger partial charge on any atom is 0.326 e. The Labute approximate surface area is 483 Å². The van der Waals surface area contributed by atoms with E-state index < -0.39 is 149 Å². The second-order valence-electron chi connectivity index (χ2n) is 24.2. The Morgan fingerprint density at radius 1 is 0.469 bits per heavy atom. The molecule has 1 saturated heterocycles. The van der Waals surface area contributed by atoms with Gasteiger partial charge >= 0.3 is 6.03 Å². The molecule has 23 heteroatoms. The van der Waals surface area contributed by atoms with E-state index in [1.165, 1.54) is 79.9 Å². The summed E-state index contributed by atoms with van der Waals surface area (Å²) in [6.07, 6.45) is 2.73. The molecule has 1 fully saturated rings. The molecule has 1 aliphatic rings. The number of aliphatic hydroxyl groups excluding tert-OH is 1. The SMILES string of the molecule is C/C=C/C[C@@H](C)[C@@H](O)C1C(=O)N[C@@H](CC)C(=O)N(C)[C@H](C)C(=O)N(C)[C@@H](CC(C)C)C(=O)N[C@H](C(C)C)C(=O)N(C)[C@H](CC(C)C)C(=O)N[C@H](C)C(=O)NC(C)C(=O)N(C)[C@H](CC(C)C)C(=O)N(C)C(=O)N(C)[C@@H](C(C)C)C(=O)N1C. The lowest BCUT2D eigenvalue weighted by molar-refractivity contribution is -0.151. The van der Waals surface area contributed by atoms with Crippen LogP contribution in [0, 0.1) is 35.5 Å². The summed E-state index contributed by atoms with van der Waals surface area (Å²) in [7, 11) is 9.43. The Kier molecular flexibility index (Phi) is 29.2. The molecular weight excluding hydrogens is 1040 g/mol. The van der Waals surface area contributed by atoms with E-state index in [-0.39, 0.29) is 43.4 Å². The molecule has 12 amide bonds. The highest BCUT2D eigenvalue weighted by Crippen LogP contribution is 2.24. The van der Waals surface area contributed by atoms with Crippen LogP contribution in [0.3, 0.4) is 0 Å². The van der Waals surface area contributed by atoms with Gasteiger partial charge in [0.25, 0.3) is 5.91 Å². The van der Waals surface area contributed by atoms with E-state index in [0.717, 1.165) is 24.5 Å². The summed E-state index contributed by atoms with van der Waals surface area (Å²) in [6.45, 7) is 27.2. The zero-order chi connectivity index (χ0) is 63.0. The van der Waals surface area contributed by atoms with Crippen LogP contribution in [0.1, 0.15) is 143 Å². The van der Waals surface area contributed by atoms with Gasteiger partial charge in [-0.05, 0) is 95.3 Å². The zero-order valence-corrected chi connectivity index (χ0v) is 53.1. The largest absolute Gasteiger partial charge is 0.390 e. The molecule has 12 atom stereocenters. The maximum absolute atomic E-state index is 14.9. The first-order chi connectivity index (χ1) is 37.3. The van der Waals surface area contributed by atoms with Gasteiger partial charge in [0.1, 0.15) is 60.4 Å². The van der Waals surface area contributed by atoms with Crippen molar-refractivity contribution < 1.29 is 57.8 Å². The van der Waals surface area contributed by atoms with Gasteiger partial charge in [0.05, 0.1) is 6.10 Å². The topological polar surface area (TPSA) is 279 Å². The van der Waals surface area contributed by atoms with E-state index in [1.807, 2.05) is 41.5 Å². The number of hydrogen-bond donors (Lipinski definition) is 5. The second-order valence-corrected chi connectivity index (χ2v) is 24.2. The molecule has 462 valence electrons. The average Bonchev–Trinajstić information content (AvgIpc) is 3.40. The molecule has 0 aliphatic carbocycles. The first-order valence-electron chi connectivity index (χ1n) is 28.7. The van der Waals surface area contributed by atoms with Crippen molar-refractivity contribution in [1.82, 2.24) is 55.6 Å². The predicted molar refractivity (Wildman–Crippen MR) is 310 cm³/mol. The van der Waals surface area contributed by atoms with Gasteiger partial charge in [-0.25, -0.2) is 4.79 Å². The van der Waals surface area contributed by atoms with Crippen LogP contribution in [-0.4, -0.2) is 220 Å². The Hall–Kier alpha value is -6.13. The smallest absolute Gasteiger partial charge is 0.326 e. The highest BCUT2D eigenvalue weighted by Gasteiger charge is 2.45. The highest BCUT2D eigenvalue weighted by atomic mass is 16.3. The van der Waals surface area contributed by atoms with Crippen molar-refractivity contribution in [2.45, 2.75) is 209 Å². The van der Waals surface area contributed by atoms with Gasteiger partial charge in [-0.1, -0.05) is 95.2 Å². The summed E-state index contributed by atoms with van der Waals surface area (Å²) in [5.41, 5.74) is 0. The van der Waals surface area contributed by atoms with E-state index in [1.54, 1.807) is 60.6 Å². The minimum Gasteiger partial charge on any atom is -0.390 e. The molecule has 1 aliphatic heterocycles. The van der Waals surface area contributed by atoms with Gasteiger partial charge in [-0.2, -0.15) is 0 Å². The van der Waals surface area contributed by atoms with E-state index in [4.69, 9.17) is 0 Å². The molecule has 0 bridgehead atoms. The number of hydrogen-bond acceptors (Lipinski definition) is 12. The lowest BCUT2D eigenvalue weighted by Crippen LogP contribution is -2.63. The normalized spacial score (nSPS) is 27.4. The number of imide groups is 1. The van der Waals surface area contributed by atoms with Crippen molar-refractivity contribution in [3.63, 3.8) is 0 Å². The number of rotatable bonds is 13. The van der Waals surface area contributed by atoms with Crippen molar-refractivity contribution in [1.29, 1.82) is 0 Å². The van der Waals surface area contributed by atoms with Crippen molar-refractivity contribution >= 4 is 65.1 Å². The molecular formula is C58H103N11O12. The van der Waals surface area contributed by atoms with Crippen LogP contribution in [-0.2, 0) is 47.9 Å². The first-order valence-corrected chi connectivity index (χ1v) is 28.7. The lowest BCUT2D eigenvalue weighted by atomic mass is 9.91. The molecule has 1 rings (SSSR count). The Morgan fingerprint density at radius 3 is 1.38 bits per heavy atom. The monoisotopic (exact) mass is 1150 g/mol. The van der Waals surface area contributed by atoms with Crippen LogP contribution in [0.5, 0.6) is 0 Å². The van der Waals surface area contributed by atoms with Gasteiger partial charge in [0, 0.05) is 49.3 Å². The molecule has 0 spiro atoms. The Balaban J connectivity index is 4.25. The number of amides is 12. The molecule has 0 saturated carbocycles. The molecule has 5 N–H and O–H groups in total. The molecule has 23 nitrogen and oxygen atoms in total. The standard InChI is InChI=1S/C58H103N11O12/c1-24-26-27-36(13)47(70)46-51(74)61-40(25-2)54(77)63(17)39(16)53(76)64(18)42(29-32(5)6)50(73)62-44(34(9)10)56(79)65(19)41(28-31(3)4)49(72)59-37(14)48(71)60-38(15)52(75)66(20)43(30-33(7)8)55(78)69(23)58(81)68(22)45(35(11)12)57(80)67(46)21/h24,26,31-47,70H,25,27-30H2,1-23H3,(H,59,72)(H,60,71)(H,61,74)(H,62,73)/b26-24+/t36-,37-,38?,39-,40+,41-,42+,43-,44-,45+,46?,47-/m1/s1. The van der Waals surface area contributed by atoms with Crippen LogP contribution in [0.2, 0.25) is 0 Å². The number of nitrogens with one attached hydrogen (secondary N) is 4. The molecule has 81 heavy (non-hydrogen) atoms. The molecule has 0 aromatic heterocycles. The van der Waals surface area contributed by atoms with Gasteiger partial charge in [0.2, 0.25) is 53.2 Å². The summed E-state index contributed by atoms with van der Waals surface area (Å²) < 4.78 is 0. The fraction of sp³-hybridized carbons (Fsp3) is 0.776. The number of carbonyl (C=O) groups is 11. The minimum absolute atomic E-state index is 0.00871. The highest BCUT2D eigenvalue weighted by molar-refractivity contribution is 6.02. The predicted octanol–water partition coefficient (Wildman–Crippen LogP) is 2.84. The van der Waals surface area contributed by atoms with Crippen molar-refractivity contribution in [3.8, 4) is 0 Å². The second kappa shape index (κ2) is 32.5. The molecule has 0 aromatic carbocycles. The first kappa shape index (κ1) is 72.9. The van der Waals surface area contributed by atoms with Crippen molar-refractivity contribution in [3.05, 3.63) is 12.2 Å². The number of urea groups is 1. The average molecular weight is 1150 g/mol.